The zero-order valence-corrected chi connectivity index (χ0v) is 14.4. The molecule has 0 aliphatic carbocycles. The van der Waals surface area contributed by atoms with Gasteiger partial charge in [-0.05, 0) is 31.2 Å². The monoisotopic (exact) mass is 356 g/mol. The summed E-state index contributed by atoms with van der Waals surface area (Å²) in [7, 11) is 0. The topological polar surface area (TPSA) is 62.6 Å². The lowest BCUT2D eigenvalue weighted by molar-refractivity contribution is -0.135. The van der Waals surface area contributed by atoms with Crippen molar-refractivity contribution in [3.63, 3.8) is 0 Å². The smallest absolute Gasteiger partial charge is 0.270 e. The summed E-state index contributed by atoms with van der Waals surface area (Å²) in [5.41, 5.74) is 5.55. The van der Waals surface area contributed by atoms with E-state index in [9.17, 15) is 9.59 Å². The summed E-state index contributed by atoms with van der Waals surface area (Å²) >= 11 is 5.69. The van der Waals surface area contributed by atoms with Gasteiger partial charge in [0.1, 0.15) is 5.76 Å². The normalized spacial score (nSPS) is 15.9. The summed E-state index contributed by atoms with van der Waals surface area (Å²) in [6.07, 6.45) is 4.97. The van der Waals surface area contributed by atoms with Gasteiger partial charge >= 0.3 is 0 Å². The number of hydrazine groups is 1. The summed E-state index contributed by atoms with van der Waals surface area (Å²) in [6.45, 7) is 1.99. The number of furan rings is 1. The standard InChI is InChI=1S/C19H17ClN2O3/c1-13-4-6-14(7-5-13)17-12-15(11-16-3-2-10-25-16)19(24)21-22(17)18(23)8-9-20/h2-7,10-12H,8-9H2,1H3,(H,21,24)/b15-11+. The Kier molecular flexibility index (Phi) is 5.05. The minimum Gasteiger partial charge on any atom is -0.465 e. The van der Waals surface area contributed by atoms with Gasteiger partial charge in [0.05, 0.1) is 12.0 Å². The van der Waals surface area contributed by atoms with Crippen LogP contribution in [-0.4, -0.2) is 22.7 Å². The molecule has 1 aromatic carbocycles. The van der Waals surface area contributed by atoms with Crippen molar-refractivity contribution in [3.05, 3.63) is 71.2 Å². The van der Waals surface area contributed by atoms with Crippen LogP contribution in [-0.2, 0) is 9.59 Å². The third kappa shape index (κ3) is 3.83. The molecular weight excluding hydrogens is 340 g/mol. The van der Waals surface area contributed by atoms with E-state index < -0.39 is 0 Å². The number of nitrogens with zero attached hydrogens (tertiary/aromatic N) is 1. The number of amides is 2. The molecule has 2 heterocycles. The molecule has 6 heteroatoms. The number of alkyl halides is 1. The second-order valence-electron chi connectivity index (χ2n) is 5.62. The average molecular weight is 357 g/mol. The van der Waals surface area contributed by atoms with Crippen molar-refractivity contribution in [1.29, 1.82) is 0 Å². The largest absolute Gasteiger partial charge is 0.465 e. The molecule has 128 valence electrons. The molecule has 0 saturated carbocycles. The van der Waals surface area contributed by atoms with E-state index >= 15 is 0 Å². The molecule has 1 aromatic heterocycles. The van der Waals surface area contributed by atoms with Crippen molar-refractivity contribution in [2.45, 2.75) is 13.3 Å². The Bertz CT molecular complexity index is 836. The summed E-state index contributed by atoms with van der Waals surface area (Å²) < 4.78 is 5.27. The molecule has 1 aliphatic rings. The van der Waals surface area contributed by atoms with Crippen LogP contribution in [0.15, 0.2) is 58.7 Å². The van der Waals surface area contributed by atoms with E-state index in [2.05, 4.69) is 5.43 Å². The van der Waals surface area contributed by atoms with Crippen LogP contribution >= 0.6 is 11.6 Å². The van der Waals surface area contributed by atoms with Gasteiger partial charge in [-0.3, -0.25) is 15.0 Å². The van der Waals surface area contributed by atoms with E-state index in [1.54, 1.807) is 24.3 Å². The molecular formula is C19H17ClN2O3. The van der Waals surface area contributed by atoms with Crippen LogP contribution in [0.25, 0.3) is 11.8 Å². The molecule has 0 saturated heterocycles. The van der Waals surface area contributed by atoms with Gasteiger partial charge in [-0.15, -0.1) is 11.6 Å². The van der Waals surface area contributed by atoms with E-state index in [1.165, 1.54) is 11.3 Å². The number of halogens is 1. The number of nitrogens with one attached hydrogen (secondary N) is 1. The highest BCUT2D eigenvalue weighted by Crippen LogP contribution is 2.26. The second kappa shape index (κ2) is 7.40. The first kappa shape index (κ1) is 17.0. The van der Waals surface area contributed by atoms with E-state index in [1.807, 2.05) is 31.2 Å². The lowest BCUT2D eigenvalue weighted by atomic mass is 10.0. The fraction of sp³-hybridized carbons (Fsp3) is 0.158. The van der Waals surface area contributed by atoms with E-state index in [4.69, 9.17) is 16.0 Å². The maximum Gasteiger partial charge on any atom is 0.270 e. The molecule has 25 heavy (non-hydrogen) atoms. The molecule has 5 nitrogen and oxygen atoms in total. The quantitative estimate of drug-likeness (QED) is 0.673. The molecule has 2 aromatic rings. The number of rotatable bonds is 4. The molecule has 0 atom stereocenters. The first-order chi connectivity index (χ1) is 12.1. The van der Waals surface area contributed by atoms with E-state index in [0.717, 1.165) is 11.1 Å². The molecule has 1 N–H and O–H groups in total. The molecule has 3 rings (SSSR count). The van der Waals surface area contributed by atoms with Crippen LogP contribution in [0.4, 0.5) is 0 Å². The third-order valence-corrected chi connectivity index (χ3v) is 3.94. The number of benzene rings is 1. The fourth-order valence-electron chi connectivity index (χ4n) is 2.46. The predicted molar refractivity (Wildman–Crippen MR) is 96.2 cm³/mol. The molecule has 0 fully saturated rings. The maximum absolute atomic E-state index is 12.4. The Morgan fingerprint density at radius 2 is 2.04 bits per heavy atom. The Labute approximate surface area is 150 Å². The highest BCUT2D eigenvalue weighted by atomic mass is 35.5. The minimum absolute atomic E-state index is 0.127. The van der Waals surface area contributed by atoms with Gasteiger partial charge in [0, 0.05) is 23.4 Å². The highest BCUT2D eigenvalue weighted by molar-refractivity contribution is 6.19. The van der Waals surface area contributed by atoms with Gasteiger partial charge in [0.15, 0.2) is 0 Å². The zero-order valence-electron chi connectivity index (χ0n) is 13.7. The van der Waals surface area contributed by atoms with Gasteiger partial charge < -0.3 is 4.42 Å². The fourth-order valence-corrected chi connectivity index (χ4v) is 2.63. The lowest BCUT2D eigenvalue weighted by Crippen LogP contribution is -2.48. The van der Waals surface area contributed by atoms with Crippen LogP contribution in [0.2, 0.25) is 0 Å². The van der Waals surface area contributed by atoms with Crippen LogP contribution < -0.4 is 5.43 Å². The van der Waals surface area contributed by atoms with Crippen LogP contribution in [0.3, 0.4) is 0 Å². The first-order valence-corrected chi connectivity index (χ1v) is 8.36. The van der Waals surface area contributed by atoms with E-state index in [0.29, 0.717) is 17.0 Å². The average Bonchev–Trinajstić information content (AvgIpc) is 3.10. The number of hydrogen-bond donors (Lipinski definition) is 1. The molecule has 0 unspecified atom stereocenters. The Morgan fingerprint density at radius 1 is 1.28 bits per heavy atom. The number of carbonyl (C=O) groups is 2. The molecule has 0 bridgehead atoms. The molecule has 1 aliphatic heterocycles. The van der Waals surface area contributed by atoms with Crippen molar-refractivity contribution in [3.8, 4) is 0 Å². The second-order valence-corrected chi connectivity index (χ2v) is 6.00. The van der Waals surface area contributed by atoms with Crippen LogP contribution in [0, 0.1) is 6.92 Å². The molecule has 2 amide bonds. The Morgan fingerprint density at radius 3 is 2.68 bits per heavy atom. The Hall–Kier alpha value is -2.79. The summed E-state index contributed by atoms with van der Waals surface area (Å²) in [6, 6.07) is 11.2. The van der Waals surface area contributed by atoms with Crippen LogP contribution in [0.5, 0.6) is 0 Å². The SMILES string of the molecule is Cc1ccc(C2=C/C(=C\c3ccco3)C(=O)NN2C(=O)CCCl)cc1. The van der Waals surface area contributed by atoms with Gasteiger partial charge in [0.2, 0.25) is 5.91 Å². The van der Waals surface area contributed by atoms with Crippen molar-refractivity contribution in [1.82, 2.24) is 10.4 Å². The predicted octanol–water partition coefficient (Wildman–Crippen LogP) is 3.51. The van der Waals surface area contributed by atoms with Crippen molar-refractivity contribution in [2.75, 3.05) is 5.88 Å². The van der Waals surface area contributed by atoms with Gasteiger partial charge in [0.25, 0.3) is 5.91 Å². The summed E-state index contributed by atoms with van der Waals surface area (Å²) in [4.78, 5) is 24.7. The molecule has 0 spiro atoms. The zero-order chi connectivity index (χ0) is 17.8. The molecule has 0 radical (unpaired) electrons. The van der Waals surface area contributed by atoms with Crippen molar-refractivity contribution in [2.24, 2.45) is 0 Å². The van der Waals surface area contributed by atoms with E-state index in [-0.39, 0.29) is 24.1 Å². The summed E-state index contributed by atoms with van der Waals surface area (Å²) in [5.74, 6) is 0.0918. The first-order valence-electron chi connectivity index (χ1n) is 7.82. The summed E-state index contributed by atoms with van der Waals surface area (Å²) in [5, 5.41) is 1.26. The van der Waals surface area contributed by atoms with Crippen molar-refractivity contribution < 1.29 is 14.0 Å². The van der Waals surface area contributed by atoms with Gasteiger partial charge in [-0.2, -0.15) is 0 Å². The number of aryl methyl sites for hydroxylation is 1. The number of hydrogen-bond acceptors (Lipinski definition) is 3. The number of carbonyl (C=O) groups excluding carboxylic acids is 2. The lowest BCUT2D eigenvalue weighted by Gasteiger charge is -2.30. The van der Waals surface area contributed by atoms with Crippen molar-refractivity contribution >= 4 is 35.2 Å². The maximum atomic E-state index is 12.4. The van der Waals surface area contributed by atoms with Crippen LogP contribution in [0.1, 0.15) is 23.3 Å². The van der Waals surface area contributed by atoms with Gasteiger partial charge in [-0.25, -0.2) is 5.01 Å². The Balaban J connectivity index is 2.05. The van der Waals surface area contributed by atoms with Gasteiger partial charge in [-0.1, -0.05) is 29.8 Å². The minimum atomic E-state index is -0.379. The third-order valence-electron chi connectivity index (χ3n) is 3.75. The highest BCUT2D eigenvalue weighted by Gasteiger charge is 2.27.